The Hall–Kier alpha value is -0.123. The minimum Gasteiger partial charge on any atom is -0.305 e. The zero-order valence-corrected chi connectivity index (χ0v) is 8.23. The maximum atomic E-state index is 3.71. The molecular formula is C7H18N2Si. The first-order valence-electron chi connectivity index (χ1n) is 3.94. The molecule has 0 aromatic heterocycles. The molecule has 0 aliphatic carbocycles. The Balaban J connectivity index is 2.70. The average Bonchev–Trinajstić information content (AvgIpc) is 1.97. The van der Waals surface area contributed by atoms with E-state index in [2.05, 4.69) is 29.8 Å². The predicted molar refractivity (Wildman–Crippen MR) is 50.1 cm³/mol. The fraction of sp³-hybridized carbons (Fsp3) is 0.714. The van der Waals surface area contributed by atoms with E-state index in [4.69, 9.17) is 0 Å². The zero-order valence-electron chi connectivity index (χ0n) is 6.82. The average molecular weight is 158 g/mol. The van der Waals surface area contributed by atoms with E-state index in [0.29, 0.717) is 0 Å². The van der Waals surface area contributed by atoms with Gasteiger partial charge in [0.15, 0.2) is 0 Å². The van der Waals surface area contributed by atoms with Crippen LogP contribution in [-0.4, -0.2) is 29.3 Å². The van der Waals surface area contributed by atoms with Gasteiger partial charge in [0.25, 0.3) is 0 Å². The van der Waals surface area contributed by atoms with Gasteiger partial charge in [0.05, 0.1) is 0 Å². The van der Waals surface area contributed by atoms with Crippen LogP contribution in [0.4, 0.5) is 0 Å². The molecule has 0 aliphatic rings. The van der Waals surface area contributed by atoms with Crippen LogP contribution in [0.3, 0.4) is 0 Å². The molecule has 10 heavy (non-hydrogen) atoms. The van der Waals surface area contributed by atoms with Crippen LogP contribution in [0, 0.1) is 0 Å². The van der Waals surface area contributed by atoms with Crippen LogP contribution >= 0.6 is 0 Å². The molecule has 0 spiro atoms. The summed E-state index contributed by atoms with van der Waals surface area (Å²) in [5.41, 5.74) is 2.09. The van der Waals surface area contributed by atoms with Crippen LogP contribution in [0.1, 0.15) is 6.92 Å². The molecule has 0 saturated heterocycles. The van der Waals surface area contributed by atoms with Crippen molar-refractivity contribution in [2.75, 3.05) is 19.8 Å². The van der Waals surface area contributed by atoms with Gasteiger partial charge < -0.3 is 10.6 Å². The van der Waals surface area contributed by atoms with Crippen LogP contribution in [0.15, 0.2) is 12.3 Å². The van der Waals surface area contributed by atoms with Crippen LogP contribution in [-0.2, 0) is 0 Å². The van der Waals surface area contributed by atoms with Crippen LogP contribution in [0.5, 0.6) is 0 Å². The summed E-state index contributed by atoms with van der Waals surface area (Å²) < 4.78 is 0. The molecule has 0 unspecified atom stereocenters. The largest absolute Gasteiger partial charge is 0.305 e. The van der Waals surface area contributed by atoms with E-state index in [1.165, 1.54) is 6.04 Å². The van der Waals surface area contributed by atoms with Gasteiger partial charge in [0, 0.05) is 16.2 Å². The van der Waals surface area contributed by atoms with Gasteiger partial charge >= 0.3 is 0 Å². The normalized spacial score (nSPS) is 10.9. The second kappa shape index (κ2) is 8.88. The Labute approximate surface area is 65.9 Å². The molecule has 2 N–H and O–H groups in total. The Kier molecular flexibility index (Phi) is 8.77. The van der Waals surface area contributed by atoms with Crippen molar-refractivity contribution >= 4 is 9.52 Å². The Morgan fingerprint density at radius 1 is 1.50 bits per heavy atom. The molecule has 0 rings (SSSR count). The van der Waals surface area contributed by atoms with Gasteiger partial charge in [0.2, 0.25) is 0 Å². The lowest BCUT2D eigenvalue weighted by Gasteiger charge is -2.02. The van der Waals surface area contributed by atoms with E-state index in [1.807, 2.05) is 0 Å². The summed E-state index contributed by atoms with van der Waals surface area (Å²) in [6.07, 6.45) is 0. The van der Waals surface area contributed by atoms with Crippen molar-refractivity contribution in [2.45, 2.75) is 13.0 Å². The first-order valence-corrected chi connectivity index (χ1v) is 5.75. The van der Waals surface area contributed by atoms with E-state index in [9.17, 15) is 0 Å². The van der Waals surface area contributed by atoms with Gasteiger partial charge in [-0.05, 0) is 19.1 Å². The SMILES string of the molecule is C=C[SiH2]CCNCNCC. The van der Waals surface area contributed by atoms with E-state index in [0.717, 1.165) is 19.8 Å². The van der Waals surface area contributed by atoms with Gasteiger partial charge in [-0.3, -0.25) is 0 Å². The summed E-state index contributed by atoms with van der Waals surface area (Å²) in [5.74, 6) is 0. The highest BCUT2D eigenvalue weighted by Gasteiger charge is 1.83. The smallest absolute Gasteiger partial charge is 0.0458 e. The molecule has 3 heteroatoms. The lowest BCUT2D eigenvalue weighted by molar-refractivity contribution is 0.616. The monoisotopic (exact) mass is 158 g/mol. The van der Waals surface area contributed by atoms with E-state index in [1.54, 1.807) is 0 Å². The summed E-state index contributed by atoms with van der Waals surface area (Å²) >= 11 is 0. The van der Waals surface area contributed by atoms with Gasteiger partial charge in [-0.1, -0.05) is 6.92 Å². The lowest BCUT2D eigenvalue weighted by atomic mass is 10.7. The van der Waals surface area contributed by atoms with Crippen molar-refractivity contribution in [3.8, 4) is 0 Å². The molecule has 0 heterocycles. The topological polar surface area (TPSA) is 24.1 Å². The second-order valence-electron chi connectivity index (χ2n) is 2.21. The Morgan fingerprint density at radius 2 is 2.30 bits per heavy atom. The van der Waals surface area contributed by atoms with Crippen molar-refractivity contribution in [2.24, 2.45) is 0 Å². The van der Waals surface area contributed by atoms with E-state index < -0.39 is 0 Å². The maximum Gasteiger partial charge on any atom is 0.0458 e. The van der Waals surface area contributed by atoms with Gasteiger partial charge in [-0.15, -0.1) is 12.3 Å². The molecule has 0 aromatic carbocycles. The third-order valence-electron chi connectivity index (χ3n) is 1.26. The molecule has 0 amide bonds. The summed E-state index contributed by atoms with van der Waals surface area (Å²) in [7, 11) is 0.0611. The second-order valence-corrected chi connectivity index (χ2v) is 4.07. The lowest BCUT2D eigenvalue weighted by Crippen LogP contribution is -2.29. The van der Waals surface area contributed by atoms with Crippen LogP contribution in [0.2, 0.25) is 6.04 Å². The van der Waals surface area contributed by atoms with Crippen molar-refractivity contribution in [1.82, 2.24) is 10.6 Å². The number of rotatable bonds is 7. The van der Waals surface area contributed by atoms with E-state index in [-0.39, 0.29) is 9.52 Å². The Bertz CT molecular complexity index is 76.0. The fourth-order valence-corrected chi connectivity index (χ4v) is 1.42. The molecule has 0 aliphatic heterocycles. The molecule has 2 nitrogen and oxygen atoms in total. The minimum atomic E-state index is 0.0611. The molecule has 0 saturated carbocycles. The van der Waals surface area contributed by atoms with Crippen molar-refractivity contribution in [3.63, 3.8) is 0 Å². The number of hydrogen-bond acceptors (Lipinski definition) is 2. The molecule has 0 fully saturated rings. The zero-order chi connectivity index (χ0) is 7.66. The third-order valence-corrected chi connectivity index (χ3v) is 2.43. The summed E-state index contributed by atoms with van der Waals surface area (Å²) in [4.78, 5) is 0. The third kappa shape index (κ3) is 7.88. The van der Waals surface area contributed by atoms with Crippen molar-refractivity contribution in [3.05, 3.63) is 12.3 Å². The molecular weight excluding hydrogens is 140 g/mol. The van der Waals surface area contributed by atoms with Gasteiger partial charge in [-0.25, -0.2) is 0 Å². The highest BCUT2D eigenvalue weighted by molar-refractivity contribution is 6.41. The Morgan fingerprint density at radius 3 is 2.90 bits per heavy atom. The highest BCUT2D eigenvalue weighted by Crippen LogP contribution is 1.73. The van der Waals surface area contributed by atoms with Gasteiger partial charge in [0.1, 0.15) is 0 Å². The first-order chi connectivity index (χ1) is 4.91. The predicted octanol–water partition coefficient (Wildman–Crippen LogP) is -0.126. The highest BCUT2D eigenvalue weighted by atomic mass is 28.2. The molecule has 0 atom stereocenters. The first kappa shape index (κ1) is 9.88. The summed E-state index contributed by atoms with van der Waals surface area (Å²) in [6, 6.07) is 1.33. The molecule has 0 radical (unpaired) electrons. The van der Waals surface area contributed by atoms with Crippen LogP contribution in [0.25, 0.3) is 0 Å². The fourth-order valence-electron chi connectivity index (χ4n) is 0.673. The number of nitrogens with one attached hydrogen (secondary N) is 2. The minimum absolute atomic E-state index is 0.0611. The summed E-state index contributed by atoms with van der Waals surface area (Å²) in [6.45, 7) is 8.96. The van der Waals surface area contributed by atoms with Crippen molar-refractivity contribution < 1.29 is 0 Å². The molecule has 0 aromatic rings. The standard InChI is InChI=1S/C7H18N2Si/c1-3-8-7-9-5-6-10-4-2/h4,8-9H,2-3,5-7,10H2,1H3. The molecule has 0 bridgehead atoms. The van der Waals surface area contributed by atoms with Crippen LogP contribution < -0.4 is 10.6 Å². The maximum absolute atomic E-state index is 3.71. The van der Waals surface area contributed by atoms with Crippen molar-refractivity contribution in [1.29, 1.82) is 0 Å². The number of hydrogen-bond donors (Lipinski definition) is 2. The van der Waals surface area contributed by atoms with Gasteiger partial charge in [-0.2, -0.15) is 0 Å². The molecule has 60 valence electrons. The quantitative estimate of drug-likeness (QED) is 0.306. The van der Waals surface area contributed by atoms with E-state index >= 15 is 0 Å². The summed E-state index contributed by atoms with van der Waals surface area (Å²) in [5, 5.41) is 6.50.